The molecule has 2 heterocycles. The molecule has 142 valence electrons. The molecule has 0 spiro atoms. The maximum absolute atomic E-state index is 11.7. The Balaban J connectivity index is 2.14. The van der Waals surface area contributed by atoms with Crippen LogP contribution in [0.1, 0.15) is 63.0 Å². The topological polar surface area (TPSA) is 103 Å². The first kappa shape index (κ1) is 20.0. The third-order valence-electron chi connectivity index (χ3n) is 4.51. The van der Waals surface area contributed by atoms with E-state index < -0.39 is 24.1 Å². The minimum absolute atomic E-state index is 0.152. The van der Waals surface area contributed by atoms with Crippen LogP contribution in [0.3, 0.4) is 0 Å². The second-order valence-corrected chi connectivity index (χ2v) is 6.16. The van der Waals surface area contributed by atoms with Gasteiger partial charge in [0.25, 0.3) is 0 Å². The number of Topliss-reactive ketones (excluding diaryl/α,β-unsaturated/α-hetero) is 1. The van der Waals surface area contributed by atoms with Gasteiger partial charge < -0.3 is 29.0 Å². The number of carbonyl (C=O) groups is 1. The molecule has 1 aromatic rings. The number of aromatic nitrogens is 2. The second-order valence-electron chi connectivity index (χ2n) is 6.16. The first-order chi connectivity index (χ1) is 11.9. The maximum Gasteiger partial charge on any atom is 0.195 e. The largest absolute Gasteiger partial charge is 0.387 e. The predicted molar refractivity (Wildman–Crippen MR) is 89.0 cm³/mol. The summed E-state index contributed by atoms with van der Waals surface area (Å²) in [6.45, 7) is 7.96. The van der Waals surface area contributed by atoms with E-state index >= 15 is 0 Å². The number of imidazole rings is 1. The molecular weight excluding hydrogens is 328 g/mol. The van der Waals surface area contributed by atoms with Crippen LogP contribution in [0, 0.1) is 0 Å². The van der Waals surface area contributed by atoms with Crippen LogP contribution < -0.4 is 0 Å². The number of hydrogen-bond acceptors (Lipinski definition) is 7. The number of rotatable bonds is 9. The van der Waals surface area contributed by atoms with Gasteiger partial charge >= 0.3 is 0 Å². The molecule has 1 aromatic heterocycles. The van der Waals surface area contributed by atoms with Gasteiger partial charge in [-0.3, -0.25) is 4.79 Å². The molecule has 1 aliphatic rings. The summed E-state index contributed by atoms with van der Waals surface area (Å²) >= 11 is 0. The average Bonchev–Trinajstić information content (AvgIpc) is 3.23. The van der Waals surface area contributed by atoms with Gasteiger partial charge in [-0.1, -0.05) is 13.8 Å². The zero-order valence-electron chi connectivity index (χ0n) is 15.3. The van der Waals surface area contributed by atoms with Gasteiger partial charge in [-0.25, -0.2) is 4.98 Å². The molecule has 0 saturated carbocycles. The Hall–Kier alpha value is -1.32. The number of ketones is 1. The summed E-state index contributed by atoms with van der Waals surface area (Å²) in [4.78, 5) is 15.9. The number of aliphatic hydroxyl groups is 2. The normalized spacial score (nSPS) is 22.1. The van der Waals surface area contributed by atoms with Crippen molar-refractivity contribution in [2.75, 3.05) is 13.2 Å². The fourth-order valence-corrected chi connectivity index (χ4v) is 2.89. The van der Waals surface area contributed by atoms with E-state index in [-0.39, 0.29) is 30.6 Å². The molecule has 1 saturated heterocycles. The highest BCUT2D eigenvalue weighted by molar-refractivity contribution is 5.90. The van der Waals surface area contributed by atoms with Crippen LogP contribution in [0.25, 0.3) is 0 Å². The Morgan fingerprint density at radius 3 is 2.64 bits per heavy atom. The molecular formula is C17H28N2O6. The number of ether oxygens (including phenoxy) is 3. The van der Waals surface area contributed by atoms with Crippen LogP contribution in [-0.2, 0) is 20.9 Å². The highest BCUT2D eigenvalue weighted by Crippen LogP contribution is 2.34. The molecule has 1 aliphatic heterocycles. The van der Waals surface area contributed by atoms with E-state index in [4.69, 9.17) is 14.2 Å². The summed E-state index contributed by atoms with van der Waals surface area (Å²) in [7, 11) is 0. The maximum atomic E-state index is 11.7. The van der Waals surface area contributed by atoms with Gasteiger partial charge in [0, 0.05) is 19.7 Å². The second kappa shape index (κ2) is 8.37. The van der Waals surface area contributed by atoms with Crippen molar-refractivity contribution < 1.29 is 29.2 Å². The molecule has 0 bridgehead atoms. The highest BCUT2D eigenvalue weighted by atomic mass is 16.7. The van der Waals surface area contributed by atoms with E-state index in [1.807, 2.05) is 20.8 Å². The van der Waals surface area contributed by atoms with E-state index in [1.165, 1.54) is 17.7 Å². The smallest absolute Gasteiger partial charge is 0.195 e. The van der Waals surface area contributed by atoms with E-state index in [9.17, 15) is 15.0 Å². The fraction of sp³-hybridized carbons (Fsp3) is 0.765. The van der Waals surface area contributed by atoms with Crippen LogP contribution in [0.4, 0.5) is 0 Å². The third kappa shape index (κ3) is 4.27. The first-order valence-corrected chi connectivity index (χ1v) is 8.71. The Bertz CT molecular complexity index is 584. The van der Waals surface area contributed by atoms with E-state index in [1.54, 1.807) is 0 Å². The van der Waals surface area contributed by atoms with Crippen molar-refractivity contribution >= 4 is 5.78 Å². The third-order valence-corrected chi connectivity index (χ3v) is 4.51. The average molecular weight is 356 g/mol. The minimum Gasteiger partial charge on any atom is -0.387 e. The Morgan fingerprint density at radius 2 is 2.12 bits per heavy atom. The lowest BCUT2D eigenvalue weighted by molar-refractivity contribution is -0.188. The van der Waals surface area contributed by atoms with Crippen LogP contribution in [0.2, 0.25) is 0 Å². The van der Waals surface area contributed by atoms with Crippen molar-refractivity contribution in [1.29, 1.82) is 0 Å². The van der Waals surface area contributed by atoms with Crippen LogP contribution >= 0.6 is 0 Å². The summed E-state index contributed by atoms with van der Waals surface area (Å²) in [6.07, 6.45) is -0.342. The monoisotopic (exact) mass is 356 g/mol. The van der Waals surface area contributed by atoms with Gasteiger partial charge in [-0.15, -0.1) is 0 Å². The first-order valence-electron chi connectivity index (χ1n) is 8.71. The molecule has 0 radical (unpaired) electrons. The van der Waals surface area contributed by atoms with Crippen molar-refractivity contribution in [2.24, 2.45) is 0 Å². The molecule has 25 heavy (non-hydrogen) atoms. The standard InChI is InChI=1S/C17H28N2O6/c1-5-17(6-2)24-9-13(25-17)15(22)14(21)12-8-19(10-23-7-3)16(18-12)11(4)20/h8,13-15,21-22H,5-7,9-10H2,1-4H3/t13-,14-,15+/m1/s1. The van der Waals surface area contributed by atoms with Gasteiger partial charge in [0.2, 0.25) is 0 Å². The fourth-order valence-electron chi connectivity index (χ4n) is 2.89. The van der Waals surface area contributed by atoms with E-state index in [0.29, 0.717) is 19.4 Å². The molecule has 0 aliphatic carbocycles. The predicted octanol–water partition coefficient (Wildman–Crippen LogP) is 1.41. The molecule has 8 heteroatoms. The zero-order chi connectivity index (χ0) is 18.6. The SMILES string of the molecule is CCOCn1cc([C@@H](O)[C@@H](O)[C@H]2COC(CC)(CC)O2)nc1C(C)=O. The molecule has 0 amide bonds. The lowest BCUT2D eigenvalue weighted by Gasteiger charge is -2.27. The van der Waals surface area contributed by atoms with Crippen molar-refractivity contribution in [2.45, 2.75) is 71.4 Å². The van der Waals surface area contributed by atoms with Crippen molar-refractivity contribution in [3.8, 4) is 0 Å². The van der Waals surface area contributed by atoms with Crippen molar-refractivity contribution in [1.82, 2.24) is 9.55 Å². The zero-order valence-corrected chi connectivity index (χ0v) is 15.3. The number of hydrogen-bond donors (Lipinski definition) is 2. The Kier molecular flexibility index (Phi) is 6.70. The summed E-state index contributed by atoms with van der Waals surface area (Å²) in [5, 5.41) is 21.0. The number of carbonyl (C=O) groups excluding carboxylic acids is 1. The molecule has 2 N–H and O–H groups in total. The quantitative estimate of drug-likeness (QED) is 0.645. The van der Waals surface area contributed by atoms with E-state index in [2.05, 4.69) is 4.98 Å². The van der Waals surface area contributed by atoms with Gasteiger partial charge in [-0.05, 0) is 19.8 Å². The van der Waals surface area contributed by atoms with Gasteiger partial charge in [-0.2, -0.15) is 0 Å². The summed E-state index contributed by atoms with van der Waals surface area (Å²) in [5.74, 6) is -0.789. The lowest BCUT2D eigenvalue weighted by atomic mass is 10.1. The van der Waals surface area contributed by atoms with Crippen LogP contribution in [0.5, 0.6) is 0 Å². The summed E-state index contributed by atoms with van der Waals surface area (Å²) in [6, 6.07) is 0. The van der Waals surface area contributed by atoms with Crippen LogP contribution in [-0.4, -0.2) is 56.8 Å². The molecule has 0 aromatic carbocycles. The van der Waals surface area contributed by atoms with Crippen molar-refractivity contribution in [3.63, 3.8) is 0 Å². The number of nitrogens with zero attached hydrogens (tertiary/aromatic N) is 2. The van der Waals surface area contributed by atoms with Crippen molar-refractivity contribution in [3.05, 3.63) is 17.7 Å². The molecule has 2 rings (SSSR count). The van der Waals surface area contributed by atoms with Crippen LogP contribution in [0.15, 0.2) is 6.20 Å². The minimum atomic E-state index is -1.29. The highest BCUT2D eigenvalue weighted by Gasteiger charge is 2.44. The molecule has 3 atom stereocenters. The summed E-state index contributed by atoms with van der Waals surface area (Å²) < 4.78 is 18.4. The molecule has 0 unspecified atom stereocenters. The van der Waals surface area contributed by atoms with Gasteiger partial charge in [0.15, 0.2) is 17.4 Å². The Morgan fingerprint density at radius 1 is 1.44 bits per heavy atom. The van der Waals surface area contributed by atoms with Gasteiger partial charge in [0.1, 0.15) is 25.0 Å². The van der Waals surface area contributed by atoms with Gasteiger partial charge in [0.05, 0.1) is 12.3 Å². The number of aliphatic hydroxyl groups excluding tert-OH is 2. The molecule has 8 nitrogen and oxygen atoms in total. The summed E-state index contributed by atoms with van der Waals surface area (Å²) in [5.41, 5.74) is 0.200. The molecule has 1 fully saturated rings. The lowest BCUT2D eigenvalue weighted by Crippen LogP contribution is -2.37. The Labute approximate surface area is 147 Å². The van der Waals surface area contributed by atoms with E-state index in [0.717, 1.165) is 0 Å².